The van der Waals surface area contributed by atoms with Gasteiger partial charge in [-0.2, -0.15) is 0 Å². The molecule has 2 amide bonds. The molecule has 4 rings (SSSR count). The average molecular weight is 391 g/mol. The van der Waals surface area contributed by atoms with E-state index in [1.54, 1.807) is 11.8 Å². The van der Waals surface area contributed by atoms with Gasteiger partial charge in [0.15, 0.2) is 0 Å². The number of urea groups is 1. The molecule has 4 atom stereocenters. The molecule has 1 aromatic rings. The molecular formula is C21H34N4OS. The first-order valence-electron chi connectivity index (χ1n) is 10.3. The summed E-state index contributed by atoms with van der Waals surface area (Å²) >= 11 is 1.68. The van der Waals surface area contributed by atoms with Crippen LogP contribution in [0.1, 0.15) is 26.7 Å². The van der Waals surface area contributed by atoms with E-state index < -0.39 is 0 Å². The molecule has 4 unspecified atom stereocenters. The first-order valence-corrected chi connectivity index (χ1v) is 11.5. The lowest BCUT2D eigenvalue weighted by Gasteiger charge is -2.50. The minimum atomic E-state index is -0.101. The van der Waals surface area contributed by atoms with Crippen LogP contribution in [0.5, 0.6) is 0 Å². The van der Waals surface area contributed by atoms with E-state index in [0.717, 1.165) is 42.1 Å². The van der Waals surface area contributed by atoms with Gasteiger partial charge in [-0.15, -0.1) is 11.8 Å². The van der Waals surface area contributed by atoms with Gasteiger partial charge in [0.1, 0.15) is 0 Å². The lowest BCUT2D eigenvalue weighted by atomic mass is 9.75. The van der Waals surface area contributed by atoms with Crippen molar-refractivity contribution in [3.8, 4) is 0 Å². The number of hydrogen-bond donors (Lipinski definition) is 2. The molecule has 5 nitrogen and oxygen atoms in total. The van der Waals surface area contributed by atoms with Crippen molar-refractivity contribution in [3.63, 3.8) is 0 Å². The van der Waals surface area contributed by atoms with Crippen molar-refractivity contribution in [2.24, 2.45) is 11.8 Å². The highest BCUT2D eigenvalue weighted by Gasteiger charge is 2.40. The average Bonchev–Trinajstić information content (AvgIpc) is 2.71. The largest absolute Gasteiger partial charge is 0.336 e. The highest BCUT2D eigenvalue weighted by atomic mass is 32.2. The first kappa shape index (κ1) is 20.5. The number of piperidine rings is 3. The lowest BCUT2D eigenvalue weighted by molar-refractivity contribution is -0.00977. The van der Waals surface area contributed by atoms with Crippen LogP contribution in [-0.2, 0) is 0 Å². The van der Waals surface area contributed by atoms with Crippen molar-refractivity contribution in [2.75, 3.05) is 50.8 Å². The fourth-order valence-corrected chi connectivity index (χ4v) is 5.03. The second-order valence-corrected chi connectivity index (χ2v) is 8.63. The van der Waals surface area contributed by atoms with Crippen LogP contribution in [0.25, 0.3) is 0 Å². The molecule has 0 saturated carbocycles. The van der Waals surface area contributed by atoms with Crippen molar-refractivity contribution in [3.05, 3.63) is 24.3 Å². The summed E-state index contributed by atoms with van der Waals surface area (Å²) in [5.41, 5.74) is 0.851. The fraction of sp³-hybridized carbons (Fsp3) is 0.667. The SMILES string of the molecule is CCN(CC)CC1CN2CCC1CC2CNC(=O)Nc1cccc(SC)c1. The van der Waals surface area contributed by atoms with Gasteiger partial charge in [0.25, 0.3) is 0 Å². The predicted molar refractivity (Wildman–Crippen MR) is 115 cm³/mol. The molecule has 27 heavy (non-hydrogen) atoms. The molecule has 6 heteroatoms. The maximum atomic E-state index is 12.3. The van der Waals surface area contributed by atoms with E-state index in [0.29, 0.717) is 6.04 Å². The Balaban J connectivity index is 1.46. The molecule has 0 radical (unpaired) electrons. The van der Waals surface area contributed by atoms with E-state index in [2.05, 4.69) is 40.3 Å². The Morgan fingerprint density at radius 1 is 1.33 bits per heavy atom. The zero-order valence-corrected chi connectivity index (χ0v) is 17.7. The van der Waals surface area contributed by atoms with Crippen LogP contribution in [0.3, 0.4) is 0 Å². The van der Waals surface area contributed by atoms with E-state index in [1.165, 1.54) is 32.5 Å². The van der Waals surface area contributed by atoms with Crippen LogP contribution in [-0.4, -0.2) is 67.4 Å². The number of carbonyl (C=O) groups excluding carboxylic acids is 1. The van der Waals surface area contributed by atoms with Crippen molar-refractivity contribution in [1.29, 1.82) is 0 Å². The lowest BCUT2D eigenvalue weighted by Crippen LogP contribution is -2.58. The molecule has 2 N–H and O–H groups in total. The minimum Gasteiger partial charge on any atom is -0.336 e. The normalized spacial score (nSPS) is 27.0. The molecule has 2 bridgehead atoms. The predicted octanol–water partition coefficient (Wildman–Crippen LogP) is 3.58. The second kappa shape index (κ2) is 9.80. The highest BCUT2D eigenvalue weighted by molar-refractivity contribution is 7.98. The summed E-state index contributed by atoms with van der Waals surface area (Å²) in [5.74, 6) is 1.60. The third-order valence-electron chi connectivity index (χ3n) is 6.23. The van der Waals surface area contributed by atoms with Gasteiger partial charge in [-0.25, -0.2) is 4.79 Å². The van der Waals surface area contributed by atoms with Crippen LogP contribution in [0.2, 0.25) is 0 Å². The smallest absolute Gasteiger partial charge is 0.319 e. The van der Waals surface area contributed by atoms with Gasteiger partial charge in [-0.3, -0.25) is 4.90 Å². The first-order chi connectivity index (χ1) is 13.1. The molecular weight excluding hydrogens is 356 g/mol. The van der Waals surface area contributed by atoms with Crippen molar-refractivity contribution in [1.82, 2.24) is 15.1 Å². The Morgan fingerprint density at radius 3 is 2.81 bits per heavy atom. The molecule has 3 aliphatic rings. The zero-order chi connectivity index (χ0) is 19.2. The Kier molecular flexibility index (Phi) is 7.44. The van der Waals surface area contributed by atoms with E-state index in [9.17, 15) is 4.79 Å². The quantitative estimate of drug-likeness (QED) is 0.666. The van der Waals surface area contributed by atoms with Gasteiger partial charge in [0.2, 0.25) is 0 Å². The topological polar surface area (TPSA) is 47.6 Å². The van der Waals surface area contributed by atoms with Crippen molar-refractivity contribution in [2.45, 2.75) is 37.6 Å². The van der Waals surface area contributed by atoms with E-state index in [4.69, 9.17) is 0 Å². The molecule has 0 aliphatic carbocycles. The van der Waals surface area contributed by atoms with Gasteiger partial charge in [-0.1, -0.05) is 19.9 Å². The third-order valence-corrected chi connectivity index (χ3v) is 6.95. The number of amides is 2. The van der Waals surface area contributed by atoms with Gasteiger partial charge in [0, 0.05) is 36.3 Å². The number of rotatable bonds is 8. The molecule has 3 aliphatic heterocycles. The number of anilines is 1. The van der Waals surface area contributed by atoms with E-state index in [-0.39, 0.29) is 6.03 Å². The number of thioether (sulfide) groups is 1. The number of nitrogens with zero attached hydrogens (tertiary/aromatic N) is 2. The number of nitrogens with one attached hydrogen (secondary N) is 2. The van der Waals surface area contributed by atoms with Gasteiger partial charge < -0.3 is 15.5 Å². The second-order valence-electron chi connectivity index (χ2n) is 7.75. The van der Waals surface area contributed by atoms with Crippen molar-refractivity contribution >= 4 is 23.5 Å². The van der Waals surface area contributed by atoms with Gasteiger partial charge in [-0.05, 0) is 68.8 Å². The molecule has 1 aromatic carbocycles. The Morgan fingerprint density at radius 2 is 2.15 bits per heavy atom. The van der Waals surface area contributed by atoms with Crippen LogP contribution in [0.4, 0.5) is 10.5 Å². The molecule has 0 spiro atoms. The molecule has 150 valence electrons. The summed E-state index contributed by atoms with van der Waals surface area (Å²) in [4.78, 5) is 18.6. The number of benzene rings is 1. The molecule has 3 saturated heterocycles. The van der Waals surface area contributed by atoms with Crippen LogP contribution >= 0.6 is 11.8 Å². The summed E-state index contributed by atoms with van der Waals surface area (Å²) in [7, 11) is 0. The summed E-state index contributed by atoms with van der Waals surface area (Å²) < 4.78 is 0. The molecule has 3 heterocycles. The Labute approximate surface area is 168 Å². The fourth-order valence-electron chi connectivity index (χ4n) is 4.57. The summed E-state index contributed by atoms with van der Waals surface area (Å²) in [6, 6.07) is 8.35. The number of hydrogen-bond acceptors (Lipinski definition) is 4. The van der Waals surface area contributed by atoms with Gasteiger partial charge in [0.05, 0.1) is 0 Å². The molecule has 3 fully saturated rings. The molecule has 0 aromatic heterocycles. The zero-order valence-electron chi connectivity index (χ0n) is 16.9. The number of carbonyl (C=O) groups is 1. The number of fused-ring (bicyclic) bond motifs is 3. The highest BCUT2D eigenvalue weighted by Crippen LogP contribution is 2.36. The van der Waals surface area contributed by atoms with Gasteiger partial charge >= 0.3 is 6.03 Å². The van der Waals surface area contributed by atoms with Crippen molar-refractivity contribution < 1.29 is 4.79 Å². The Bertz CT molecular complexity index is 622. The standard InChI is InChI=1S/C21H34N4OS/c1-4-24(5-2)14-17-15-25-10-9-16(17)11-19(25)13-22-21(26)23-18-7-6-8-20(12-18)27-3/h6-8,12,16-17,19H,4-5,9-11,13-15H2,1-3H3,(H2,22,23,26). The summed E-state index contributed by atoms with van der Waals surface area (Å²) in [6.45, 7) is 11.1. The summed E-state index contributed by atoms with van der Waals surface area (Å²) in [6.07, 6.45) is 4.57. The van der Waals surface area contributed by atoms with E-state index >= 15 is 0 Å². The van der Waals surface area contributed by atoms with E-state index in [1.807, 2.05) is 24.5 Å². The van der Waals surface area contributed by atoms with Crippen LogP contribution in [0.15, 0.2) is 29.2 Å². The minimum absolute atomic E-state index is 0.101. The maximum Gasteiger partial charge on any atom is 0.319 e. The third kappa shape index (κ3) is 5.39. The Hall–Kier alpha value is -1.24. The maximum absolute atomic E-state index is 12.3. The summed E-state index contributed by atoms with van der Waals surface area (Å²) in [5, 5.41) is 6.05. The van der Waals surface area contributed by atoms with Crippen LogP contribution < -0.4 is 10.6 Å². The monoisotopic (exact) mass is 390 g/mol. The van der Waals surface area contributed by atoms with Crippen LogP contribution in [0, 0.1) is 11.8 Å².